The molecule has 1 amide bonds. The number of carbonyl (C=O) groups is 1. The van der Waals surface area contributed by atoms with Crippen LogP contribution in [0, 0.1) is 5.92 Å². The number of nitrogens with one attached hydrogen (secondary N) is 2. The summed E-state index contributed by atoms with van der Waals surface area (Å²) in [5.41, 5.74) is 0. The lowest BCUT2D eigenvalue weighted by atomic mass is 10.3. The van der Waals surface area contributed by atoms with Crippen LogP contribution in [0.5, 0.6) is 0 Å². The molecular formula is C10H20N2O2. The lowest BCUT2D eigenvalue weighted by Crippen LogP contribution is -2.30. The van der Waals surface area contributed by atoms with Crippen molar-refractivity contribution < 1.29 is 9.53 Å². The Morgan fingerprint density at radius 1 is 1.43 bits per heavy atom. The van der Waals surface area contributed by atoms with E-state index >= 15 is 0 Å². The van der Waals surface area contributed by atoms with Crippen molar-refractivity contribution in [3.63, 3.8) is 0 Å². The summed E-state index contributed by atoms with van der Waals surface area (Å²) in [5, 5.41) is 6.06. The molecular weight excluding hydrogens is 180 g/mol. The van der Waals surface area contributed by atoms with Crippen molar-refractivity contribution in [3.8, 4) is 0 Å². The Bertz CT molecular complexity index is 170. The zero-order valence-corrected chi connectivity index (χ0v) is 8.84. The average Bonchev–Trinajstić information content (AvgIpc) is 2.97. The van der Waals surface area contributed by atoms with E-state index in [4.69, 9.17) is 4.74 Å². The smallest absolute Gasteiger partial charge is 0.221 e. The summed E-state index contributed by atoms with van der Waals surface area (Å²) in [6.45, 7) is 3.06. The number of hydrogen-bond donors (Lipinski definition) is 2. The molecule has 0 aromatic carbocycles. The van der Waals surface area contributed by atoms with Crippen LogP contribution in [0.2, 0.25) is 0 Å². The van der Waals surface area contributed by atoms with Crippen molar-refractivity contribution in [1.82, 2.24) is 10.6 Å². The molecule has 0 atom stereocenters. The van der Waals surface area contributed by atoms with Crippen LogP contribution in [0.3, 0.4) is 0 Å². The van der Waals surface area contributed by atoms with Crippen LogP contribution in [0.15, 0.2) is 0 Å². The van der Waals surface area contributed by atoms with Gasteiger partial charge in [-0.15, -0.1) is 0 Å². The van der Waals surface area contributed by atoms with Gasteiger partial charge in [0.05, 0.1) is 6.61 Å². The van der Waals surface area contributed by atoms with Gasteiger partial charge in [-0.25, -0.2) is 0 Å². The fourth-order valence-electron chi connectivity index (χ4n) is 1.21. The van der Waals surface area contributed by atoms with Crippen molar-refractivity contribution >= 4 is 5.91 Å². The predicted octanol–water partition coefficient (Wildman–Crippen LogP) is 0.139. The van der Waals surface area contributed by atoms with Crippen LogP contribution < -0.4 is 10.6 Å². The first kappa shape index (κ1) is 11.5. The van der Waals surface area contributed by atoms with Gasteiger partial charge in [0.2, 0.25) is 5.91 Å². The molecule has 1 fully saturated rings. The lowest BCUT2D eigenvalue weighted by molar-refractivity contribution is -0.121. The van der Waals surface area contributed by atoms with E-state index in [0.29, 0.717) is 19.6 Å². The highest BCUT2D eigenvalue weighted by Crippen LogP contribution is 2.27. The molecule has 0 heterocycles. The van der Waals surface area contributed by atoms with Gasteiger partial charge in [-0.1, -0.05) is 0 Å². The fraction of sp³-hybridized carbons (Fsp3) is 0.900. The Morgan fingerprint density at radius 2 is 2.21 bits per heavy atom. The van der Waals surface area contributed by atoms with Crippen molar-refractivity contribution in [2.45, 2.75) is 19.3 Å². The minimum absolute atomic E-state index is 0.102. The zero-order valence-electron chi connectivity index (χ0n) is 8.84. The molecule has 1 saturated carbocycles. The van der Waals surface area contributed by atoms with Crippen LogP contribution in [0.1, 0.15) is 19.3 Å². The number of hydrogen-bond acceptors (Lipinski definition) is 3. The summed E-state index contributed by atoms with van der Waals surface area (Å²) in [6.07, 6.45) is 3.27. The maximum Gasteiger partial charge on any atom is 0.221 e. The van der Waals surface area contributed by atoms with Gasteiger partial charge in [0.25, 0.3) is 0 Å². The highest BCUT2D eigenvalue weighted by Gasteiger charge is 2.20. The third kappa shape index (κ3) is 5.94. The lowest BCUT2D eigenvalue weighted by Gasteiger charge is -2.05. The van der Waals surface area contributed by atoms with E-state index in [1.54, 1.807) is 7.11 Å². The first-order chi connectivity index (χ1) is 6.83. The van der Waals surface area contributed by atoms with E-state index in [0.717, 1.165) is 19.0 Å². The first-order valence-corrected chi connectivity index (χ1v) is 5.29. The molecule has 1 aliphatic carbocycles. The SMILES string of the molecule is COCCNC(=O)CCNCC1CC1. The normalized spacial score (nSPS) is 15.5. The number of rotatable bonds is 8. The summed E-state index contributed by atoms with van der Waals surface area (Å²) < 4.78 is 4.83. The molecule has 0 aromatic rings. The van der Waals surface area contributed by atoms with E-state index < -0.39 is 0 Å². The first-order valence-electron chi connectivity index (χ1n) is 5.29. The summed E-state index contributed by atoms with van der Waals surface area (Å²) in [6, 6.07) is 0. The minimum atomic E-state index is 0.102. The molecule has 0 saturated heterocycles. The molecule has 0 spiro atoms. The van der Waals surface area contributed by atoms with Crippen molar-refractivity contribution in [1.29, 1.82) is 0 Å². The number of ether oxygens (including phenoxy) is 1. The summed E-state index contributed by atoms with van der Waals surface area (Å²) in [7, 11) is 1.63. The molecule has 0 aliphatic heterocycles. The number of carbonyl (C=O) groups excluding carboxylic acids is 1. The monoisotopic (exact) mass is 200 g/mol. The fourth-order valence-corrected chi connectivity index (χ4v) is 1.21. The van der Waals surface area contributed by atoms with Gasteiger partial charge in [0, 0.05) is 26.6 Å². The van der Waals surface area contributed by atoms with Gasteiger partial charge in [-0.05, 0) is 25.3 Å². The summed E-state index contributed by atoms with van der Waals surface area (Å²) in [4.78, 5) is 11.2. The van der Waals surface area contributed by atoms with Crippen LogP contribution in [0.4, 0.5) is 0 Å². The zero-order chi connectivity index (χ0) is 10.2. The Labute approximate surface area is 85.4 Å². The molecule has 14 heavy (non-hydrogen) atoms. The maximum atomic E-state index is 11.2. The second kappa shape index (κ2) is 6.79. The molecule has 1 aliphatic rings. The molecule has 4 nitrogen and oxygen atoms in total. The molecule has 4 heteroatoms. The van der Waals surface area contributed by atoms with Crippen molar-refractivity contribution in [3.05, 3.63) is 0 Å². The third-order valence-corrected chi connectivity index (χ3v) is 2.29. The Balaban J connectivity index is 1.81. The van der Waals surface area contributed by atoms with E-state index in [1.807, 2.05) is 0 Å². The van der Waals surface area contributed by atoms with Gasteiger partial charge in [-0.2, -0.15) is 0 Å². The minimum Gasteiger partial charge on any atom is -0.383 e. The van der Waals surface area contributed by atoms with E-state index in [9.17, 15) is 4.79 Å². The molecule has 2 N–H and O–H groups in total. The van der Waals surface area contributed by atoms with Crippen LogP contribution in [0.25, 0.3) is 0 Å². The molecule has 0 aromatic heterocycles. The molecule has 0 unspecified atom stereocenters. The third-order valence-electron chi connectivity index (χ3n) is 2.29. The largest absolute Gasteiger partial charge is 0.383 e. The van der Waals surface area contributed by atoms with Crippen molar-refractivity contribution in [2.24, 2.45) is 5.92 Å². The van der Waals surface area contributed by atoms with Gasteiger partial charge in [0.1, 0.15) is 0 Å². The van der Waals surface area contributed by atoms with Crippen LogP contribution in [-0.2, 0) is 9.53 Å². The molecule has 0 radical (unpaired) electrons. The summed E-state index contributed by atoms with van der Waals surface area (Å²) >= 11 is 0. The highest BCUT2D eigenvalue weighted by molar-refractivity contribution is 5.75. The Morgan fingerprint density at radius 3 is 2.86 bits per heavy atom. The van der Waals surface area contributed by atoms with Crippen LogP contribution in [-0.4, -0.2) is 39.3 Å². The van der Waals surface area contributed by atoms with Gasteiger partial charge in [0.15, 0.2) is 0 Å². The van der Waals surface area contributed by atoms with Gasteiger partial charge in [-0.3, -0.25) is 4.79 Å². The van der Waals surface area contributed by atoms with E-state index in [-0.39, 0.29) is 5.91 Å². The standard InChI is InChI=1S/C10H20N2O2/c1-14-7-6-12-10(13)4-5-11-8-9-2-3-9/h9,11H,2-8H2,1H3,(H,12,13). The number of amides is 1. The molecule has 0 bridgehead atoms. The maximum absolute atomic E-state index is 11.2. The second-order valence-electron chi connectivity index (χ2n) is 3.74. The topological polar surface area (TPSA) is 50.4 Å². The second-order valence-corrected chi connectivity index (χ2v) is 3.74. The summed E-state index contributed by atoms with van der Waals surface area (Å²) in [5.74, 6) is 0.983. The number of methoxy groups -OCH3 is 1. The van der Waals surface area contributed by atoms with Gasteiger partial charge >= 0.3 is 0 Å². The van der Waals surface area contributed by atoms with Crippen LogP contribution >= 0.6 is 0 Å². The average molecular weight is 200 g/mol. The quantitative estimate of drug-likeness (QED) is 0.548. The van der Waals surface area contributed by atoms with Gasteiger partial charge < -0.3 is 15.4 Å². The molecule has 1 rings (SSSR count). The Kier molecular flexibility index (Phi) is 5.56. The van der Waals surface area contributed by atoms with E-state index in [2.05, 4.69) is 10.6 Å². The predicted molar refractivity (Wildman–Crippen MR) is 55.1 cm³/mol. The molecule has 82 valence electrons. The Hall–Kier alpha value is -0.610. The van der Waals surface area contributed by atoms with E-state index in [1.165, 1.54) is 12.8 Å². The van der Waals surface area contributed by atoms with Crippen molar-refractivity contribution in [2.75, 3.05) is 33.4 Å². The highest BCUT2D eigenvalue weighted by atomic mass is 16.5.